The van der Waals surface area contributed by atoms with Gasteiger partial charge >= 0.3 is 0 Å². The molecule has 1 rings (SSSR count). The SMILES string of the molecule is COCC(O)CCNCCc1cccs1. The summed E-state index contributed by atoms with van der Waals surface area (Å²) in [6.45, 7) is 2.24. The van der Waals surface area contributed by atoms with Gasteiger partial charge in [-0.25, -0.2) is 0 Å². The van der Waals surface area contributed by atoms with Crippen LogP contribution in [0.3, 0.4) is 0 Å². The molecule has 0 aliphatic carbocycles. The van der Waals surface area contributed by atoms with E-state index in [0.717, 1.165) is 25.9 Å². The summed E-state index contributed by atoms with van der Waals surface area (Å²) in [5.41, 5.74) is 0. The van der Waals surface area contributed by atoms with Crippen LogP contribution in [-0.4, -0.2) is 38.0 Å². The van der Waals surface area contributed by atoms with E-state index in [9.17, 15) is 5.11 Å². The molecule has 1 heterocycles. The highest BCUT2D eigenvalue weighted by Crippen LogP contribution is 2.07. The fraction of sp³-hybridized carbons (Fsp3) is 0.636. The molecule has 1 aromatic heterocycles. The van der Waals surface area contributed by atoms with Crippen molar-refractivity contribution >= 4 is 11.3 Å². The zero-order chi connectivity index (χ0) is 10.9. The maximum absolute atomic E-state index is 9.37. The molecule has 0 saturated carbocycles. The second-order valence-electron chi connectivity index (χ2n) is 3.48. The van der Waals surface area contributed by atoms with Crippen molar-refractivity contribution in [1.29, 1.82) is 0 Å². The molecule has 1 unspecified atom stereocenters. The monoisotopic (exact) mass is 229 g/mol. The number of hydrogen-bond donors (Lipinski definition) is 2. The van der Waals surface area contributed by atoms with E-state index in [0.29, 0.717) is 6.61 Å². The number of ether oxygens (including phenoxy) is 1. The van der Waals surface area contributed by atoms with Gasteiger partial charge in [0.25, 0.3) is 0 Å². The molecular formula is C11H19NO2S. The van der Waals surface area contributed by atoms with Crippen LogP contribution in [0.1, 0.15) is 11.3 Å². The van der Waals surface area contributed by atoms with Crippen molar-refractivity contribution in [2.75, 3.05) is 26.8 Å². The first-order valence-electron chi connectivity index (χ1n) is 5.23. The Balaban J connectivity index is 1.93. The number of thiophene rings is 1. The number of nitrogens with one attached hydrogen (secondary N) is 1. The Morgan fingerprint density at radius 2 is 2.40 bits per heavy atom. The molecule has 1 atom stereocenters. The van der Waals surface area contributed by atoms with Crippen LogP contribution in [0.15, 0.2) is 17.5 Å². The summed E-state index contributed by atoms with van der Waals surface area (Å²) in [5, 5.41) is 14.8. The Kier molecular flexibility index (Phi) is 6.59. The second-order valence-corrected chi connectivity index (χ2v) is 4.51. The second kappa shape index (κ2) is 7.82. The first kappa shape index (κ1) is 12.6. The number of rotatable bonds is 8. The number of hydrogen-bond acceptors (Lipinski definition) is 4. The summed E-state index contributed by atoms with van der Waals surface area (Å²) in [7, 11) is 1.60. The van der Waals surface area contributed by atoms with Crippen molar-refractivity contribution in [3.8, 4) is 0 Å². The minimum Gasteiger partial charge on any atom is -0.391 e. The van der Waals surface area contributed by atoms with Crippen molar-refractivity contribution in [2.45, 2.75) is 18.9 Å². The van der Waals surface area contributed by atoms with E-state index in [2.05, 4.69) is 22.8 Å². The number of aliphatic hydroxyl groups is 1. The molecule has 0 radical (unpaired) electrons. The third-order valence-electron chi connectivity index (χ3n) is 2.14. The van der Waals surface area contributed by atoms with E-state index in [1.807, 2.05) is 0 Å². The maximum atomic E-state index is 9.37. The summed E-state index contributed by atoms with van der Waals surface area (Å²) in [6.07, 6.45) is 1.47. The fourth-order valence-corrected chi connectivity index (χ4v) is 2.04. The van der Waals surface area contributed by atoms with Gasteiger partial charge < -0.3 is 15.2 Å². The molecule has 86 valence electrons. The molecule has 0 saturated heterocycles. The summed E-state index contributed by atoms with van der Waals surface area (Å²) >= 11 is 1.79. The predicted octanol–water partition coefficient (Wildman–Crippen LogP) is 1.28. The lowest BCUT2D eigenvalue weighted by molar-refractivity contribution is 0.0595. The molecule has 15 heavy (non-hydrogen) atoms. The van der Waals surface area contributed by atoms with Crippen LogP contribution in [0, 0.1) is 0 Å². The molecule has 0 aliphatic rings. The van der Waals surface area contributed by atoms with Gasteiger partial charge in [0, 0.05) is 12.0 Å². The molecule has 4 heteroatoms. The first-order chi connectivity index (χ1) is 7.33. The van der Waals surface area contributed by atoms with E-state index < -0.39 is 0 Å². The lowest BCUT2D eigenvalue weighted by Gasteiger charge is -2.09. The van der Waals surface area contributed by atoms with E-state index in [-0.39, 0.29) is 6.10 Å². The summed E-state index contributed by atoms with van der Waals surface area (Å²) in [5.74, 6) is 0. The standard InChI is InChI=1S/C11H19NO2S/c1-14-9-10(13)4-6-12-7-5-11-3-2-8-15-11/h2-3,8,10,12-13H,4-7,9H2,1H3. The molecule has 1 aromatic rings. The molecule has 0 aliphatic heterocycles. The smallest absolute Gasteiger partial charge is 0.0785 e. The molecule has 2 N–H and O–H groups in total. The Labute approximate surface area is 95.1 Å². The fourth-order valence-electron chi connectivity index (χ4n) is 1.34. The van der Waals surface area contributed by atoms with Crippen molar-refractivity contribution in [2.24, 2.45) is 0 Å². The van der Waals surface area contributed by atoms with Gasteiger partial charge in [-0.3, -0.25) is 0 Å². The minimum absolute atomic E-state index is 0.343. The van der Waals surface area contributed by atoms with Crippen LogP contribution in [0.25, 0.3) is 0 Å². The molecule has 0 amide bonds. The maximum Gasteiger partial charge on any atom is 0.0785 e. The van der Waals surface area contributed by atoms with Gasteiger partial charge in [-0.2, -0.15) is 0 Å². The molecule has 0 spiro atoms. The molecule has 0 aromatic carbocycles. The topological polar surface area (TPSA) is 41.5 Å². The van der Waals surface area contributed by atoms with E-state index >= 15 is 0 Å². The normalized spacial score (nSPS) is 12.9. The minimum atomic E-state index is -0.343. The van der Waals surface area contributed by atoms with Gasteiger partial charge in [-0.1, -0.05) is 6.07 Å². The average Bonchev–Trinajstić information content (AvgIpc) is 2.70. The first-order valence-corrected chi connectivity index (χ1v) is 6.11. The van der Waals surface area contributed by atoms with E-state index in [1.54, 1.807) is 18.4 Å². The lowest BCUT2D eigenvalue weighted by Crippen LogP contribution is -2.24. The van der Waals surface area contributed by atoms with Gasteiger partial charge in [0.15, 0.2) is 0 Å². The highest BCUT2D eigenvalue weighted by atomic mass is 32.1. The average molecular weight is 229 g/mol. The molecular weight excluding hydrogens is 210 g/mol. The largest absolute Gasteiger partial charge is 0.391 e. The summed E-state index contributed by atoms with van der Waals surface area (Å²) in [6, 6.07) is 4.22. The Hall–Kier alpha value is -0.420. The molecule has 0 fully saturated rings. The van der Waals surface area contributed by atoms with E-state index in [1.165, 1.54) is 4.88 Å². The van der Waals surface area contributed by atoms with Crippen LogP contribution in [0.5, 0.6) is 0 Å². The van der Waals surface area contributed by atoms with Crippen molar-refractivity contribution in [3.63, 3.8) is 0 Å². The number of aliphatic hydroxyl groups excluding tert-OH is 1. The van der Waals surface area contributed by atoms with Crippen LogP contribution in [0.4, 0.5) is 0 Å². The van der Waals surface area contributed by atoms with Crippen LogP contribution in [-0.2, 0) is 11.2 Å². The van der Waals surface area contributed by atoms with Gasteiger partial charge in [0.05, 0.1) is 12.7 Å². The third-order valence-corrected chi connectivity index (χ3v) is 3.08. The Bertz CT molecular complexity index is 239. The molecule has 0 bridgehead atoms. The van der Waals surface area contributed by atoms with Gasteiger partial charge in [-0.05, 0) is 37.4 Å². The third kappa shape index (κ3) is 5.89. The molecule has 3 nitrogen and oxygen atoms in total. The van der Waals surface area contributed by atoms with Crippen molar-refractivity contribution in [1.82, 2.24) is 5.32 Å². The zero-order valence-electron chi connectivity index (χ0n) is 9.11. The summed E-state index contributed by atoms with van der Waals surface area (Å²) < 4.78 is 4.84. The van der Waals surface area contributed by atoms with Gasteiger partial charge in [0.1, 0.15) is 0 Å². The van der Waals surface area contributed by atoms with Crippen LogP contribution in [0.2, 0.25) is 0 Å². The van der Waals surface area contributed by atoms with E-state index in [4.69, 9.17) is 4.74 Å². The number of methoxy groups -OCH3 is 1. The predicted molar refractivity (Wildman–Crippen MR) is 63.4 cm³/mol. The van der Waals surface area contributed by atoms with Gasteiger partial charge in [0.2, 0.25) is 0 Å². The lowest BCUT2D eigenvalue weighted by atomic mass is 10.2. The highest BCUT2D eigenvalue weighted by molar-refractivity contribution is 7.09. The quantitative estimate of drug-likeness (QED) is 0.660. The highest BCUT2D eigenvalue weighted by Gasteiger charge is 2.01. The Morgan fingerprint density at radius 1 is 1.53 bits per heavy atom. The Morgan fingerprint density at radius 3 is 3.07 bits per heavy atom. The zero-order valence-corrected chi connectivity index (χ0v) is 9.93. The van der Waals surface area contributed by atoms with Crippen molar-refractivity contribution in [3.05, 3.63) is 22.4 Å². The van der Waals surface area contributed by atoms with Gasteiger partial charge in [-0.15, -0.1) is 11.3 Å². The van der Waals surface area contributed by atoms with Crippen LogP contribution < -0.4 is 5.32 Å². The van der Waals surface area contributed by atoms with Crippen molar-refractivity contribution < 1.29 is 9.84 Å². The summed E-state index contributed by atoms with van der Waals surface area (Å²) in [4.78, 5) is 1.40. The van der Waals surface area contributed by atoms with Crippen LogP contribution >= 0.6 is 11.3 Å².